The van der Waals surface area contributed by atoms with E-state index in [9.17, 15) is 4.79 Å². The average Bonchev–Trinajstić information content (AvgIpc) is 2.46. The smallest absolute Gasteiger partial charge is 0.270 e. The van der Waals surface area contributed by atoms with Crippen molar-refractivity contribution in [3.8, 4) is 23.2 Å². The van der Waals surface area contributed by atoms with Crippen LogP contribution in [0.1, 0.15) is 5.56 Å². The first-order chi connectivity index (χ1) is 9.19. The van der Waals surface area contributed by atoms with E-state index < -0.39 is 5.56 Å². The SMILES string of the molecule is COc1ccc(-c2nc(SC)c(C#N)c(=O)[nH]2)cc1. The van der Waals surface area contributed by atoms with E-state index in [0.29, 0.717) is 10.9 Å². The highest BCUT2D eigenvalue weighted by Crippen LogP contribution is 2.21. The van der Waals surface area contributed by atoms with Crippen molar-refractivity contribution in [2.24, 2.45) is 0 Å². The predicted molar refractivity (Wildman–Crippen MR) is 73.3 cm³/mol. The summed E-state index contributed by atoms with van der Waals surface area (Å²) < 4.78 is 5.07. The molecule has 0 aliphatic rings. The molecule has 2 rings (SSSR count). The zero-order valence-corrected chi connectivity index (χ0v) is 11.2. The molecule has 0 spiro atoms. The van der Waals surface area contributed by atoms with Crippen LogP contribution in [0.5, 0.6) is 5.75 Å². The lowest BCUT2D eigenvalue weighted by Gasteiger charge is -2.05. The van der Waals surface area contributed by atoms with Gasteiger partial charge < -0.3 is 9.72 Å². The Morgan fingerprint density at radius 1 is 1.37 bits per heavy atom. The van der Waals surface area contributed by atoms with Crippen molar-refractivity contribution < 1.29 is 4.74 Å². The van der Waals surface area contributed by atoms with Crippen LogP contribution in [0.4, 0.5) is 0 Å². The molecule has 2 aromatic rings. The Morgan fingerprint density at radius 3 is 2.58 bits per heavy atom. The van der Waals surface area contributed by atoms with Crippen LogP contribution in [-0.2, 0) is 0 Å². The van der Waals surface area contributed by atoms with Gasteiger partial charge in [0.05, 0.1) is 7.11 Å². The monoisotopic (exact) mass is 273 g/mol. The molecule has 1 heterocycles. The summed E-state index contributed by atoms with van der Waals surface area (Å²) in [7, 11) is 1.59. The molecule has 96 valence electrons. The second-order valence-electron chi connectivity index (χ2n) is 3.64. The van der Waals surface area contributed by atoms with Crippen LogP contribution in [0.2, 0.25) is 0 Å². The van der Waals surface area contributed by atoms with Crippen molar-refractivity contribution in [1.82, 2.24) is 9.97 Å². The molecule has 0 amide bonds. The molecule has 1 aromatic heterocycles. The van der Waals surface area contributed by atoms with E-state index in [1.165, 1.54) is 11.8 Å². The van der Waals surface area contributed by atoms with Gasteiger partial charge in [0, 0.05) is 5.56 Å². The second-order valence-corrected chi connectivity index (χ2v) is 4.43. The van der Waals surface area contributed by atoms with Crippen molar-refractivity contribution in [3.63, 3.8) is 0 Å². The molecule has 0 aliphatic carbocycles. The fourth-order valence-corrected chi connectivity index (χ4v) is 2.11. The minimum absolute atomic E-state index is 0.0461. The van der Waals surface area contributed by atoms with Crippen LogP contribution < -0.4 is 10.3 Å². The lowest BCUT2D eigenvalue weighted by Crippen LogP contribution is -2.14. The van der Waals surface area contributed by atoms with E-state index in [1.54, 1.807) is 37.6 Å². The minimum Gasteiger partial charge on any atom is -0.497 e. The van der Waals surface area contributed by atoms with E-state index >= 15 is 0 Å². The Labute approximate surface area is 114 Å². The van der Waals surface area contributed by atoms with Crippen LogP contribution in [0.25, 0.3) is 11.4 Å². The quantitative estimate of drug-likeness (QED) is 0.684. The van der Waals surface area contributed by atoms with Gasteiger partial charge in [0.25, 0.3) is 5.56 Å². The van der Waals surface area contributed by atoms with Crippen LogP contribution in [0.3, 0.4) is 0 Å². The van der Waals surface area contributed by atoms with Crippen LogP contribution in [0, 0.1) is 11.3 Å². The molecule has 0 unspecified atom stereocenters. The Balaban J connectivity index is 2.54. The standard InChI is InChI=1S/C13H11N3O2S/c1-18-9-5-3-8(4-6-9)11-15-12(17)10(7-14)13(16-11)19-2/h3-6H,1-2H3,(H,15,16,17). The molecule has 0 saturated carbocycles. The molecular formula is C13H11N3O2S. The summed E-state index contributed by atoms with van der Waals surface area (Å²) in [6.07, 6.45) is 1.78. The van der Waals surface area contributed by atoms with Crippen LogP contribution >= 0.6 is 11.8 Å². The molecule has 6 heteroatoms. The van der Waals surface area contributed by atoms with E-state index in [1.807, 2.05) is 6.07 Å². The maximum atomic E-state index is 11.8. The molecule has 1 N–H and O–H groups in total. The Hall–Kier alpha value is -2.26. The van der Waals surface area contributed by atoms with Gasteiger partial charge in [-0.15, -0.1) is 11.8 Å². The number of H-pyrrole nitrogens is 1. The molecule has 1 aromatic carbocycles. The number of nitriles is 1. The summed E-state index contributed by atoms with van der Waals surface area (Å²) in [5.41, 5.74) is 0.384. The van der Waals surface area contributed by atoms with Crippen LogP contribution in [0.15, 0.2) is 34.1 Å². The fraction of sp³-hybridized carbons (Fsp3) is 0.154. The normalized spacial score (nSPS) is 9.95. The highest BCUT2D eigenvalue weighted by molar-refractivity contribution is 7.98. The summed E-state index contributed by atoms with van der Waals surface area (Å²) in [6, 6.07) is 9.03. The number of methoxy groups -OCH3 is 1. The summed E-state index contributed by atoms with van der Waals surface area (Å²) in [6.45, 7) is 0. The molecule has 0 bridgehead atoms. The predicted octanol–water partition coefficient (Wildman–Crippen LogP) is 2.04. The van der Waals surface area contributed by atoms with Crippen molar-refractivity contribution in [1.29, 1.82) is 5.26 Å². The van der Waals surface area contributed by atoms with Gasteiger partial charge >= 0.3 is 0 Å². The van der Waals surface area contributed by atoms with Gasteiger partial charge in [-0.1, -0.05) is 0 Å². The summed E-state index contributed by atoms with van der Waals surface area (Å²) in [5, 5.41) is 9.35. The number of nitrogens with one attached hydrogen (secondary N) is 1. The van der Waals surface area contributed by atoms with Gasteiger partial charge in [0.2, 0.25) is 0 Å². The van der Waals surface area contributed by atoms with Gasteiger partial charge in [0.1, 0.15) is 28.2 Å². The number of nitrogens with zero attached hydrogens (tertiary/aromatic N) is 2. The molecule has 0 atom stereocenters. The first-order valence-electron chi connectivity index (χ1n) is 5.42. The number of hydrogen-bond acceptors (Lipinski definition) is 5. The third-order valence-corrected chi connectivity index (χ3v) is 3.24. The third-order valence-electron chi connectivity index (χ3n) is 2.55. The zero-order chi connectivity index (χ0) is 13.8. The molecule has 0 fully saturated rings. The fourth-order valence-electron chi connectivity index (χ4n) is 1.58. The molecule has 19 heavy (non-hydrogen) atoms. The van der Waals surface area contributed by atoms with Crippen LogP contribution in [-0.4, -0.2) is 23.3 Å². The Morgan fingerprint density at radius 2 is 2.05 bits per heavy atom. The topological polar surface area (TPSA) is 78.8 Å². The van der Waals surface area contributed by atoms with Crippen molar-refractivity contribution >= 4 is 11.8 Å². The van der Waals surface area contributed by atoms with Gasteiger partial charge in [-0.25, -0.2) is 4.98 Å². The maximum absolute atomic E-state index is 11.8. The van der Waals surface area contributed by atoms with E-state index in [-0.39, 0.29) is 5.56 Å². The zero-order valence-electron chi connectivity index (χ0n) is 10.4. The third kappa shape index (κ3) is 2.61. The number of aromatic amines is 1. The van der Waals surface area contributed by atoms with E-state index in [4.69, 9.17) is 10.00 Å². The first-order valence-corrected chi connectivity index (χ1v) is 6.65. The number of aromatic nitrogens is 2. The molecule has 5 nitrogen and oxygen atoms in total. The number of thioether (sulfide) groups is 1. The maximum Gasteiger partial charge on any atom is 0.270 e. The average molecular weight is 273 g/mol. The summed E-state index contributed by atoms with van der Waals surface area (Å²) >= 11 is 1.27. The number of benzene rings is 1. The summed E-state index contributed by atoms with van der Waals surface area (Å²) in [4.78, 5) is 18.7. The van der Waals surface area contributed by atoms with Crippen molar-refractivity contribution in [3.05, 3.63) is 40.2 Å². The second kappa shape index (κ2) is 5.59. The number of ether oxygens (including phenoxy) is 1. The van der Waals surface area contributed by atoms with Gasteiger partial charge in [-0.3, -0.25) is 4.79 Å². The number of rotatable bonds is 3. The largest absolute Gasteiger partial charge is 0.497 e. The Bertz CT molecular complexity index is 687. The van der Waals surface area contributed by atoms with E-state index in [2.05, 4.69) is 9.97 Å². The number of hydrogen-bond donors (Lipinski definition) is 1. The minimum atomic E-state index is -0.423. The lowest BCUT2D eigenvalue weighted by atomic mass is 10.2. The summed E-state index contributed by atoms with van der Waals surface area (Å²) in [5.74, 6) is 1.17. The highest BCUT2D eigenvalue weighted by atomic mass is 32.2. The molecule has 0 saturated heterocycles. The molecule has 0 aliphatic heterocycles. The highest BCUT2D eigenvalue weighted by Gasteiger charge is 2.11. The molecule has 0 radical (unpaired) electrons. The van der Waals surface area contributed by atoms with Gasteiger partial charge in [0.15, 0.2) is 0 Å². The van der Waals surface area contributed by atoms with Crippen molar-refractivity contribution in [2.75, 3.05) is 13.4 Å². The van der Waals surface area contributed by atoms with Crippen molar-refractivity contribution in [2.45, 2.75) is 5.03 Å². The van der Waals surface area contributed by atoms with Gasteiger partial charge in [-0.05, 0) is 30.5 Å². The first kappa shape index (κ1) is 13.2. The Kier molecular flexibility index (Phi) is 3.88. The molecular weight excluding hydrogens is 262 g/mol. The lowest BCUT2D eigenvalue weighted by molar-refractivity contribution is 0.415. The van der Waals surface area contributed by atoms with Gasteiger partial charge in [-0.2, -0.15) is 5.26 Å². The van der Waals surface area contributed by atoms with E-state index in [0.717, 1.165) is 11.3 Å².